The third kappa shape index (κ3) is 3.33. The van der Waals surface area contributed by atoms with Crippen molar-refractivity contribution in [2.24, 2.45) is 5.92 Å². The number of hydrogen-bond acceptors (Lipinski definition) is 4. The average Bonchev–Trinajstić information content (AvgIpc) is 3.19. The normalized spacial score (nSPS) is 17.9. The van der Waals surface area contributed by atoms with E-state index in [2.05, 4.69) is 21.2 Å². The van der Waals surface area contributed by atoms with E-state index in [4.69, 9.17) is 4.74 Å². The highest BCUT2D eigenvalue weighted by Crippen LogP contribution is 2.22. The van der Waals surface area contributed by atoms with Crippen molar-refractivity contribution >= 4 is 5.91 Å². The summed E-state index contributed by atoms with van der Waals surface area (Å²) in [5, 5.41) is 6.84. The Morgan fingerprint density at radius 1 is 1.45 bits per heavy atom. The highest BCUT2D eigenvalue weighted by Gasteiger charge is 2.26. The molecular formula is C16H20N4O2. The summed E-state index contributed by atoms with van der Waals surface area (Å²) in [6.07, 6.45) is 5.62. The smallest absolute Gasteiger partial charge is 0.248 e. The Kier molecular flexibility index (Phi) is 4.48. The minimum Gasteiger partial charge on any atom is -0.375 e. The Bertz CT molecular complexity index is 610. The largest absolute Gasteiger partial charge is 0.375 e. The quantitative estimate of drug-likeness (QED) is 0.908. The van der Waals surface area contributed by atoms with Crippen molar-refractivity contribution in [3.63, 3.8) is 0 Å². The van der Waals surface area contributed by atoms with Gasteiger partial charge in [0, 0.05) is 32.6 Å². The molecule has 1 amide bonds. The molecule has 1 fully saturated rings. The number of amides is 1. The molecule has 3 heterocycles. The first-order valence-electron chi connectivity index (χ1n) is 7.47. The Morgan fingerprint density at radius 2 is 2.36 bits per heavy atom. The molecule has 2 aromatic rings. The summed E-state index contributed by atoms with van der Waals surface area (Å²) < 4.78 is 4.91. The summed E-state index contributed by atoms with van der Waals surface area (Å²) in [4.78, 5) is 18.2. The second-order valence-electron chi connectivity index (χ2n) is 5.65. The second-order valence-corrected chi connectivity index (χ2v) is 5.65. The van der Waals surface area contributed by atoms with Crippen molar-refractivity contribution in [3.8, 4) is 11.4 Å². The molecule has 0 bridgehead atoms. The molecule has 3 rings (SSSR count). The number of H-pyrrole nitrogens is 1. The van der Waals surface area contributed by atoms with E-state index in [1.54, 1.807) is 13.3 Å². The van der Waals surface area contributed by atoms with E-state index < -0.39 is 0 Å². The summed E-state index contributed by atoms with van der Waals surface area (Å²) in [6.45, 7) is 1.81. The van der Waals surface area contributed by atoms with E-state index in [0.717, 1.165) is 37.3 Å². The van der Waals surface area contributed by atoms with Crippen LogP contribution >= 0.6 is 0 Å². The van der Waals surface area contributed by atoms with Gasteiger partial charge in [0.25, 0.3) is 0 Å². The highest BCUT2D eigenvalue weighted by atomic mass is 16.5. The fraction of sp³-hybridized carbons (Fsp3) is 0.438. The van der Waals surface area contributed by atoms with Crippen LogP contribution in [0.5, 0.6) is 0 Å². The molecule has 1 saturated heterocycles. The summed E-state index contributed by atoms with van der Waals surface area (Å²) >= 11 is 0. The number of likely N-dealkylation sites (tertiary alicyclic amines) is 1. The van der Waals surface area contributed by atoms with Crippen molar-refractivity contribution < 1.29 is 9.53 Å². The number of nitrogens with one attached hydrogen (secondary N) is 1. The van der Waals surface area contributed by atoms with E-state index in [-0.39, 0.29) is 12.5 Å². The number of methoxy groups -OCH3 is 1. The molecule has 1 aliphatic heterocycles. The number of aromatic nitrogens is 3. The fourth-order valence-electron chi connectivity index (χ4n) is 2.88. The molecule has 6 nitrogen and oxygen atoms in total. The Balaban J connectivity index is 1.57. The zero-order chi connectivity index (χ0) is 15.4. The molecule has 22 heavy (non-hydrogen) atoms. The first-order chi connectivity index (χ1) is 10.8. The van der Waals surface area contributed by atoms with Crippen LogP contribution < -0.4 is 0 Å². The monoisotopic (exact) mass is 300 g/mol. The second kappa shape index (κ2) is 6.70. The van der Waals surface area contributed by atoms with Gasteiger partial charge in [-0.15, -0.1) is 0 Å². The van der Waals surface area contributed by atoms with Gasteiger partial charge in [-0.05, 0) is 36.5 Å². The van der Waals surface area contributed by atoms with Crippen LogP contribution in [0.4, 0.5) is 0 Å². The molecule has 0 saturated carbocycles. The molecule has 0 radical (unpaired) electrons. The predicted octanol–water partition coefficient (Wildman–Crippen LogP) is 1.51. The molecule has 116 valence electrons. The van der Waals surface area contributed by atoms with Crippen molar-refractivity contribution in [2.75, 3.05) is 26.8 Å². The molecule has 0 spiro atoms. The predicted molar refractivity (Wildman–Crippen MR) is 82.1 cm³/mol. The first kappa shape index (κ1) is 14.7. The van der Waals surface area contributed by atoms with Gasteiger partial charge in [-0.3, -0.25) is 14.9 Å². The molecule has 6 heteroatoms. The topological polar surface area (TPSA) is 71.1 Å². The van der Waals surface area contributed by atoms with E-state index in [9.17, 15) is 4.79 Å². The lowest BCUT2D eigenvalue weighted by Crippen LogP contribution is -2.31. The number of pyridine rings is 1. The Morgan fingerprint density at radius 3 is 3.05 bits per heavy atom. The summed E-state index contributed by atoms with van der Waals surface area (Å²) in [5.41, 5.74) is 3.02. The zero-order valence-corrected chi connectivity index (χ0v) is 12.7. The maximum atomic E-state index is 11.8. The number of carbonyl (C=O) groups is 1. The van der Waals surface area contributed by atoms with Crippen molar-refractivity contribution in [2.45, 2.75) is 12.8 Å². The van der Waals surface area contributed by atoms with Gasteiger partial charge >= 0.3 is 0 Å². The van der Waals surface area contributed by atoms with Gasteiger partial charge < -0.3 is 9.64 Å². The van der Waals surface area contributed by atoms with Crippen molar-refractivity contribution in [3.05, 3.63) is 36.2 Å². The van der Waals surface area contributed by atoms with E-state index >= 15 is 0 Å². The van der Waals surface area contributed by atoms with Gasteiger partial charge in [-0.2, -0.15) is 5.10 Å². The SMILES string of the molecule is COCC(=O)N1CC[C@@H](Cc2ccc(-c3ccn[nH]3)nc2)C1. The number of carbonyl (C=O) groups excluding carboxylic acids is 1. The Labute approximate surface area is 129 Å². The van der Waals surface area contributed by atoms with Crippen LogP contribution in [-0.2, 0) is 16.0 Å². The lowest BCUT2D eigenvalue weighted by atomic mass is 10.00. The molecule has 2 aromatic heterocycles. The molecular weight excluding hydrogens is 280 g/mol. The molecule has 0 aliphatic carbocycles. The van der Waals surface area contributed by atoms with Crippen LogP contribution in [-0.4, -0.2) is 52.8 Å². The third-order valence-electron chi connectivity index (χ3n) is 4.03. The van der Waals surface area contributed by atoms with Gasteiger partial charge in [0.05, 0.1) is 11.4 Å². The maximum Gasteiger partial charge on any atom is 0.248 e. The van der Waals surface area contributed by atoms with Gasteiger partial charge in [0.1, 0.15) is 6.61 Å². The van der Waals surface area contributed by atoms with E-state index in [1.165, 1.54) is 5.56 Å². The molecule has 0 unspecified atom stereocenters. The number of nitrogens with zero attached hydrogens (tertiary/aromatic N) is 3. The lowest BCUT2D eigenvalue weighted by Gasteiger charge is -2.16. The van der Waals surface area contributed by atoms with Crippen LogP contribution in [0, 0.1) is 5.92 Å². The average molecular weight is 300 g/mol. The van der Waals surface area contributed by atoms with Crippen LogP contribution in [0.15, 0.2) is 30.6 Å². The number of aromatic amines is 1. The van der Waals surface area contributed by atoms with Gasteiger partial charge in [-0.25, -0.2) is 0 Å². The standard InChI is InChI=1S/C16H20N4O2/c1-22-11-16(21)20-7-5-13(10-20)8-12-2-3-14(17-9-12)15-4-6-18-19-15/h2-4,6,9,13H,5,7-8,10-11H2,1H3,(H,18,19)/t13-/m0/s1. The van der Waals surface area contributed by atoms with Gasteiger partial charge in [-0.1, -0.05) is 6.07 Å². The highest BCUT2D eigenvalue weighted by molar-refractivity contribution is 5.77. The molecule has 0 aromatic carbocycles. The number of ether oxygens (including phenoxy) is 1. The summed E-state index contributed by atoms with van der Waals surface area (Å²) in [6, 6.07) is 6.01. The summed E-state index contributed by atoms with van der Waals surface area (Å²) in [7, 11) is 1.55. The van der Waals surface area contributed by atoms with Crippen molar-refractivity contribution in [1.29, 1.82) is 0 Å². The maximum absolute atomic E-state index is 11.8. The van der Waals surface area contributed by atoms with Crippen LogP contribution in [0.2, 0.25) is 0 Å². The lowest BCUT2D eigenvalue weighted by molar-refractivity contribution is -0.134. The minimum absolute atomic E-state index is 0.0812. The third-order valence-corrected chi connectivity index (χ3v) is 4.03. The number of hydrogen-bond donors (Lipinski definition) is 1. The Hall–Kier alpha value is -2.21. The molecule has 1 N–H and O–H groups in total. The van der Waals surface area contributed by atoms with Crippen molar-refractivity contribution in [1.82, 2.24) is 20.1 Å². The number of rotatable bonds is 5. The van der Waals surface area contributed by atoms with E-state index in [0.29, 0.717) is 5.92 Å². The van der Waals surface area contributed by atoms with Crippen LogP contribution in [0.1, 0.15) is 12.0 Å². The van der Waals surface area contributed by atoms with Gasteiger partial charge in [0.15, 0.2) is 0 Å². The summed E-state index contributed by atoms with van der Waals surface area (Å²) in [5.74, 6) is 0.582. The first-order valence-corrected chi connectivity index (χ1v) is 7.47. The molecule has 1 aliphatic rings. The van der Waals surface area contributed by atoms with Crippen LogP contribution in [0.3, 0.4) is 0 Å². The zero-order valence-electron chi connectivity index (χ0n) is 12.7. The molecule has 1 atom stereocenters. The minimum atomic E-state index is 0.0812. The fourth-order valence-corrected chi connectivity index (χ4v) is 2.88. The van der Waals surface area contributed by atoms with E-state index in [1.807, 2.05) is 23.2 Å². The van der Waals surface area contributed by atoms with Crippen LogP contribution in [0.25, 0.3) is 11.4 Å². The van der Waals surface area contributed by atoms with Gasteiger partial charge in [0.2, 0.25) is 5.91 Å².